The summed E-state index contributed by atoms with van der Waals surface area (Å²) in [5, 5.41) is 10.2. The number of nitrogens with one attached hydrogen (secondary N) is 1. The van der Waals surface area contributed by atoms with E-state index in [0.717, 1.165) is 0 Å². The van der Waals surface area contributed by atoms with Crippen LogP contribution in [0.2, 0.25) is 10.0 Å². The molecular formula is C17H13Cl2N3O5. The first-order valence-corrected chi connectivity index (χ1v) is 8.43. The molecule has 0 radical (unpaired) electrons. The zero-order chi connectivity index (χ0) is 19.7. The van der Waals surface area contributed by atoms with Gasteiger partial charge in [0, 0.05) is 23.9 Å². The molecule has 0 unspecified atom stereocenters. The number of H-pyrrole nitrogens is 1. The van der Waals surface area contributed by atoms with Crippen LogP contribution < -0.4 is 11.2 Å². The Morgan fingerprint density at radius 1 is 1.30 bits per heavy atom. The van der Waals surface area contributed by atoms with Gasteiger partial charge in [0.2, 0.25) is 0 Å². The van der Waals surface area contributed by atoms with Crippen LogP contribution in [0.1, 0.15) is 15.9 Å². The number of carbonyl (C=O) groups excluding carboxylic acids is 1. The number of methoxy groups -OCH3 is 1. The van der Waals surface area contributed by atoms with Gasteiger partial charge in [-0.2, -0.15) is 0 Å². The molecule has 140 valence electrons. The Balaban J connectivity index is 2.16. The average Bonchev–Trinajstić information content (AvgIpc) is 2.63. The van der Waals surface area contributed by atoms with Gasteiger partial charge in [-0.25, -0.2) is 9.78 Å². The van der Waals surface area contributed by atoms with Crippen molar-refractivity contribution in [1.29, 1.82) is 0 Å². The van der Waals surface area contributed by atoms with Crippen molar-refractivity contribution in [3.8, 4) is 5.75 Å². The second-order valence-corrected chi connectivity index (χ2v) is 6.46. The van der Waals surface area contributed by atoms with E-state index in [1.54, 1.807) is 0 Å². The zero-order valence-corrected chi connectivity index (χ0v) is 15.5. The second kappa shape index (κ2) is 7.51. The number of ketones is 1. The third-order valence-corrected chi connectivity index (χ3v) is 4.39. The smallest absolute Gasteiger partial charge is 0.330 e. The number of phenols is 1. The molecule has 0 aliphatic heterocycles. The number of aromatic amines is 1. The van der Waals surface area contributed by atoms with Crippen LogP contribution >= 0.6 is 23.2 Å². The van der Waals surface area contributed by atoms with Gasteiger partial charge in [0.1, 0.15) is 11.4 Å². The quantitative estimate of drug-likeness (QED) is 0.622. The van der Waals surface area contributed by atoms with Crippen LogP contribution in [0.4, 0.5) is 0 Å². The van der Waals surface area contributed by atoms with Gasteiger partial charge < -0.3 is 9.84 Å². The Bertz CT molecular complexity index is 1170. The molecule has 0 aliphatic rings. The van der Waals surface area contributed by atoms with Crippen molar-refractivity contribution in [2.24, 2.45) is 0 Å². The molecule has 2 N–H and O–H groups in total. The van der Waals surface area contributed by atoms with E-state index >= 15 is 0 Å². The Kier molecular flexibility index (Phi) is 5.31. The van der Waals surface area contributed by atoms with Gasteiger partial charge in [0.05, 0.1) is 29.1 Å². The first kappa shape index (κ1) is 19.1. The highest BCUT2D eigenvalue weighted by molar-refractivity contribution is 6.36. The summed E-state index contributed by atoms with van der Waals surface area (Å²) in [7, 11) is 1.48. The number of nitrogens with zero attached hydrogens (tertiary/aromatic N) is 2. The van der Waals surface area contributed by atoms with Crippen LogP contribution in [-0.2, 0) is 11.3 Å². The third kappa shape index (κ3) is 3.59. The summed E-state index contributed by atoms with van der Waals surface area (Å²) in [6, 6.07) is 3.85. The van der Waals surface area contributed by atoms with E-state index in [0.29, 0.717) is 0 Å². The molecule has 3 rings (SSSR count). The molecule has 0 saturated carbocycles. The minimum atomic E-state index is -0.681. The number of hydrogen-bond acceptors (Lipinski definition) is 6. The van der Waals surface area contributed by atoms with Crippen molar-refractivity contribution < 1.29 is 14.6 Å². The predicted octanol–water partition coefficient (Wildman–Crippen LogP) is 1.97. The average molecular weight is 410 g/mol. The van der Waals surface area contributed by atoms with E-state index < -0.39 is 22.8 Å². The molecule has 2 heterocycles. The largest absolute Gasteiger partial charge is 0.506 e. The van der Waals surface area contributed by atoms with E-state index in [-0.39, 0.29) is 45.4 Å². The van der Waals surface area contributed by atoms with Crippen LogP contribution in [0.3, 0.4) is 0 Å². The fraction of sp³-hybridized carbons (Fsp3) is 0.176. The molecule has 0 aliphatic carbocycles. The van der Waals surface area contributed by atoms with Gasteiger partial charge in [-0.3, -0.25) is 19.1 Å². The van der Waals surface area contributed by atoms with Crippen molar-refractivity contribution in [1.82, 2.24) is 14.5 Å². The summed E-state index contributed by atoms with van der Waals surface area (Å²) in [5.41, 5.74) is -1.29. The Labute approximate surface area is 161 Å². The molecule has 0 saturated heterocycles. The number of ether oxygens (including phenoxy) is 1. The fourth-order valence-corrected chi connectivity index (χ4v) is 3.07. The second-order valence-electron chi connectivity index (χ2n) is 5.61. The topological polar surface area (TPSA) is 114 Å². The van der Waals surface area contributed by atoms with E-state index in [4.69, 9.17) is 27.9 Å². The van der Waals surface area contributed by atoms with Gasteiger partial charge in [-0.1, -0.05) is 23.2 Å². The number of aromatic hydroxyl groups is 1. The first-order valence-electron chi connectivity index (χ1n) is 7.68. The molecule has 0 fully saturated rings. The third-order valence-electron chi connectivity index (χ3n) is 3.89. The predicted molar refractivity (Wildman–Crippen MR) is 100 cm³/mol. The molecule has 27 heavy (non-hydrogen) atoms. The van der Waals surface area contributed by atoms with Crippen molar-refractivity contribution in [3.63, 3.8) is 0 Å². The number of halogens is 2. The summed E-state index contributed by atoms with van der Waals surface area (Å²) in [6.45, 7) is 0.409. The van der Waals surface area contributed by atoms with E-state index in [9.17, 15) is 19.5 Å². The maximum atomic E-state index is 12.7. The fourth-order valence-electron chi connectivity index (χ4n) is 2.58. The van der Waals surface area contributed by atoms with Crippen molar-refractivity contribution >= 4 is 40.0 Å². The lowest BCUT2D eigenvalue weighted by Gasteiger charge is -2.10. The number of pyridine rings is 1. The molecule has 0 bridgehead atoms. The van der Waals surface area contributed by atoms with Gasteiger partial charge in [0.25, 0.3) is 5.56 Å². The lowest BCUT2D eigenvalue weighted by molar-refractivity contribution is 0.103. The lowest BCUT2D eigenvalue weighted by atomic mass is 10.0. The van der Waals surface area contributed by atoms with Crippen LogP contribution in [0.25, 0.3) is 11.0 Å². The molecule has 8 nitrogen and oxygen atoms in total. The number of fused-ring (bicyclic) bond motifs is 1. The highest BCUT2D eigenvalue weighted by Crippen LogP contribution is 2.32. The first-order chi connectivity index (χ1) is 12.8. The molecule has 10 heteroatoms. The number of hydrogen-bond donors (Lipinski definition) is 2. The monoisotopic (exact) mass is 409 g/mol. The number of carbonyl (C=O) groups is 1. The summed E-state index contributed by atoms with van der Waals surface area (Å²) in [6.07, 6.45) is 1.21. The van der Waals surface area contributed by atoms with Crippen molar-refractivity contribution in [2.75, 3.05) is 13.7 Å². The molecule has 0 spiro atoms. The highest BCUT2D eigenvalue weighted by Gasteiger charge is 2.19. The maximum Gasteiger partial charge on any atom is 0.330 e. The standard InChI is InChI=1S/C17H13Cl2N3O5/c1-27-3-2-22-15-11(16(25)21-17(22)26)4-8(7-20-15)13(23)10-5-9(18)6-12(19)14(10)24/h4-7,24H,2-3H2,1H3,(H,21,25,26). The van der Waals surface area contributed by atoms with Crippen molar-refractivity contribution in [2.45, 2.75) is 6.54 Å². The molecule has 3 aromatic rings. The molecule has 0 atom stereocenters. The van der Waals surface area contributed by atoms with Crippen molar-refractivity contribution in [3.05, 3.63) is 66.4 Å². The molecular weight excluding hydrogens is 397 g/mol. The minimum absolute atomic E-state index is 0.0265. The SMILES string of the molecule is COCCn1c(=O)[nH]c(=O)c2cc(C(=O)c3cc(Cl)cc(Cl)c3O)cnc21. The van der Waals surface area contributed by atoms with Crippen LogP contribution in [0.15, 0.2) is 34.0 Å². The van der Waals surface area contributed by atoms with Gasteiger partial charge in [-0.05, 0) is 18.2 Å². The summed E-state index contributed by atoms with van der Waals surface area (Å²) in [4.78, 5) is 43.2. The van der Waals surface area contributed by atoms with Crippen LogP contribution in [0.5, 0.6) is 5.75 Å². The van der Waals surface area contributed by atoms with E-state index in [1.165, 1.54) is 36.1 Å². The Morgan fingerprint density at radius 2 is 2.04 bits per heavy atom. The number of aromatic nitrogens is 3. The normalized spacial score (nSPS) is 11.1. The number of benzene rings is 1. The van der Waals surface area contributed by atoms with Gasteiger partial charge >= 0.3 is 5.69 Å². The number of rotatable bonds is 5. The summed E-state index contributed by atoms with van der Waals surface area (Å²) >= 11 is 11.7. The van der Waals surface area contributed by atoms with E-state index in [1.807, 2.05) is 0 Å². The molecule has 0 amide bonds. The van der Waals surface area contributed by atoms with Crippen LogP contribution in [0, 0.1) is 0 Å². The summed E-state index contributed by atoms with van der Waals surface area (Å²) in [5.74, 6) is -1.05. The molecule has 2 aromatic heterocycles. The number of phenolic OH excluding ortho intramolecular Hbond substituents is 1. The highest BCUT2D eigenvalue weighted by atomic mass is 35.5. The Hall–Kier alpha value is -2.68. The van der Waals surface area contributed by atoms with Gasteiger partial charge in [0.15, 0.2) is 5.78 Å². The summed E-state index contributed by atoms with van der Waals surface area (Å²) < 4.78 is 6.19. The maximum absolute atomic E-state index is 12.7. The Morgan fingerprint density at radius 3 is 2.74 bits per heavy atom. The van der Waals surface area contributed by atoms with Gasteiger partial charge in [-0.15, -0.1) is 0 Å². The zero-order valence-electron chi connectivity index (χ0n) is 14.0. The minimum Gasteiger partial charge on any atom is -0.506 e. The molecule has 1 aromatic carbocycles. The lowest BCUT2D eigenvalue weighted by Crippen LogP contribution is -2.32. The van der Waals surface area contributed by atoms with Crippen LogP contribution in [-0.4, -0.2) is 39.1 Å². The van der Waals surface area contributed by atoms with E-state index in [2.05, 4.69) is 9.97 Å².